The normalized spacial score (nSPS) is 24.3. The lowest BCUT2D eigenvalue weighted by molar-refractivity contribution is -0.141. The number of piperidine rings is 2. The number of amides is 1. The van der Waals surface area contributed by atoms with Crippen LogP contribution in [0.3, 0.4) is 0 Å². The first-order valence-electron chi connectivity index (χ1n) is 9.81. The highest BCUT2D eigenvalue weighted by atomic mass is 16.5. The van der Waals surface area contributed by atoms with E-state index in [1.165, 1.54) is 12.8 Å². The van der Waals surface area contributed by atoms with Crippen LogP contribution in [-0.4, -0.2) is 61.6 Å². The van der Waals surface area contributed by atoms with E-state index in [1.807, 2.05) is 24.3 Å². The summed E-state index contributed by atoms with van der Waals surface area (Å²) < 4.78 is 11.3. The standard InChI is InChI=1S/C21H32N2O3/c1-17(2)23-16-21(11-9-20(23)24)10-6-12-22(15-21)13-14-26-19-8-5-4-7-18(19)25-3/h4-5,7-8,17H,6,9-16H2,1-3H3/t21-/m1/s1. The van der Waals surface area contributed by atoms with Gasteiger partial charge in [0.2, 0.25) is 5.91 Å². The third kappa shape index (κ3) is 4.32. The van der Waals surface area contributed by atoms with E-state index in [-0.39, 0.29) is 5.41 Å². The molecule has 2 aliphatic rings. The van der Waals surface area contributed by atoms with Crippen LogP contribution in [0.4, 0.5) is 0 Å². The minimum atomic E-state index is 0.265. The zero-order chi connectivity index (χ0) is 18.6. The van der Waals surface area contributed by atoms with E-state index in [0.717, 1.165) is 44.1 Å². The summed E-state index contributed by atoms with van der Waals surface area (Å²) in [6.07, 6.45) is 4.16. The average molecular weight is 360 g/mol. The van der Waals surface area contributed by atoms with Crippen molar-refractivity contribution in [2.45, 2.75) is 45.6 Å². The van der Waals surface area contributed by atoms with Gasteiger partial charge >= 0.3 is 0 Å². The van der Waals surface area contributed by atoms with Crippen LogP contribution in [0.15, 0.2) is 24.3 Å². The topological polar surface area (TPSA) is 42.0 Å². The fraction of sp³-hybridized carbons (Fsp3) is 0.667. The fourth-order valence-corrected chi connectivity index (χ4v) is 4.37. The Balaban J connectivity index is 1.54. The van der Waals surface area contributed by atoms with Gasteiger partial charge in [0.15, 0.2) is 11.5 Å². The molecule has 26 heavy (non-hydrogen) atoms. The molecule has 0 bridgehead atoms. The van der Waals surface area contributed by atoms with E-state index in [9.17, 15) is 4.79 Å². The molecule has 0 radical (unpaired) electrons. The molecular formula is C21H32N2O3. The van der Waals surface area contributed by atoms with Gasteiger partial charge in [-0.25, -0.2) is 0 Å². The number of rotatable bonds is 6. The van der Waals surface area contributed by atoms with Crippen LogP contribution >= 0.6 is 0 Å². The number of hydrogen-bond acceptors (Lipinski definition) is 4. The van der Waals surface area contributed by atoms with Gasteiger partial charge < -0.3 is 14.4 Å². The number of likely N-dealkylation sites (tertiary alicyclic amines) is 2. The van der Waals surface area contributed by atoms with Gasteiger partial charge in [-0.3, -0.25) is 9.69 Å². The molecule has 0 N–H and O–H groups in total. The van der Waals surface area contributed by atoms with E-state index in [4.69, 9.17) is 9.47 Å². The zero-order valence-electron chi connectivity index (χ0n) is 16.4. The highest BCUT2D eigenvalue weighted by Gasteiger charge is 2.42. The van der Waals surface area contributed by atoms with Crippen molar-refractivity contribution < 1.29 is 14.3 Å². The van der Waals surface area contributed by atoms with Crippen LogP contribution in [0.5, 0.6) is 11.5 Å². The largest absolute Gasteiger partial charge is 0.493 e. The zero-order valence-corrected chi connectivity index (χ0v) is 16.4. The van der Waals surface area contributed by atoms with Gasteiger partial charge in [-0.05, 0) is 51.8 Å². The summed E-state index contributed by atoms with van der Waals surface area (Å²) >= 11 is 0. The molecule has 5 nitrogen and oxygen atoms in total. The minimum absolute atomic E-state index is 0.265. The molecule has 1 spiro atoms. The molecule has 1 atom stereocenters. The van der Waals surface area contributed by atoms with Crippen molar-refractivity contribution in [2.75, 3.05) is 39.9 Å². The second-order valence-corrected chi connectivity index (χ2v) is 7.99. The summed E-state index contributed by atoms with van der Waals surface area (Å²) in [5.74, 6) is 1.90. The van der Waals surface area contributed by atoms with Gasteiger partial charge in [-0.1, -0.05) is 12.1 Å². The smallest absolute Gasteiger partial charge is 0.222 e. The Morgan fingerprint density at radius 2 is 1.92 bits per heavy atom. The van der Waals surface area contributed by atoms with Crippen LogP contribution in [0, 0.1) is 5.41 Å². The quantitative estimate of drug-likeness (QED) is 0.781. The maximum atomic E-state index is 12.2. The van der Waals surface area contributed by atoms with E-state index in [2.05, 4.69) is 23.6 Å². The maximum absolute atomic E-state index is 12.2. The molecule has 2 aliphatic heterocycles. The van der Waals surface area contributed by atoms with Gasteiger partial charge in [0.1, 0.15) is 6.61 Å². The Kier molecular flexibility index (Phi) is 6.07. The summed E-state index contributed by atoms with van der Waals surface area (Å²) in [6, 6.07) is 8.08. The highest BCUT2D eigenvalue weighted by Crippen LogP contribution is 2.39. The number of hydrogen-bond donors (Lipinski definition) is 0. The Morgan fingerprint density at radius 1 is 1.15 bits per heavy atom. The third-order valence-electron chi connectivity index (χ3n) is 5.79. The number of nitrogens with zero attached hydrogens (tertiary/aromatic N) is 2. The molecule has 0 aliphatic carbocycles. The number of methoxy groups -OCH3 is 1. The molecule has 1 aromatic carbocycles. The van der Waals surface area contributed by atoms with Crippen molar-refractivity contribution in [3.05, 3.63) is 24.3 Å². The molecule has 2 saturated heterocycles. The number of carbonyl (C=O) groups excluding carboxylic acids is 1. The molecule has 2 fully saturated rings. The van der Waals surface area contributed by atoms with Gasteiger partial charge in [0, 0.05) is 37.5 Å². The van der Waals surface area contributed by atoms with Crippen molar-refractivity contribution in [2.24, 2.45) is 5.41 Å². The molecule has 1 aromatic rings. The lowest BCUT2D eigenvalue weighted by Crippen LogP contribution is -2.55. The second kappa shape index (κ2) is 8.30. The first-order valence-corrected chi connectivity index (χ1v) is 9.81. The van der Waals surface area contributed by atoms with E-state index < -0.39 is 0 Å². The van der Waals surface area contributed by atoms with Crippen LogP contribution in [0.2, 0.25) is 0 Å². The van der Waals surface area contributed by atoms with Crippen molar-refractivity contribution in [3.8, 4) is 11.5 Å². The Labute approximate surface area is 157 Å². The number of para-hydroxylation sites is 2. The summed E-state index contributed by atoms with van der Waals surface area (Å²) in [5.41, 5.74) is 0.265. The molecule has 0 saturated carbocycles. The summed E-state index contributed by atoms with van der Waals surface area (Å²) in [4.78, 5) is 16.8. The maximum Gasteiger partial charge on any atom is 0.222 e. The molecule has 2 heterocycles. The Bertz CT molecular complexity index is 619. The lowest BCUT2D eigenvalue weighted by atomic mass is 9.73. The van der Waals surface area contributed by atoms with E-state index in [1.54, 1.807) is 7.11 Å². The SMILES string of the molecule is COc1ccccc1OCCN1CCC[C@@]2(CCC(=O)N(C(C)C)C2)C1. The predicted molar refractivity (Wildman–Crippen MR) is 103 cm³/mol. The van der Waals surface area contributed by atoms with Crippen LogP contribution in [-0.2, 0) is 4.79 Å². The number of carbonyl (C=O) groups is 1. The minimum Gasteiger partial charge on any atom is -0.493 e. The van der Waals surface area contributed by atoms with Crippen molar-refractivity contribution in [1.82, 2.24) is 9.80 Å². The lowest BCUT2D eigenvalue weighted by Gasteiger charge is -2.49. The second-order valence-electron chi connectivity index (χ2n) is 7.99. The molecule has 0 aromatic heterocycles. The average Bonchev–Trinajstić information content (AvgIpc) is 2.64. The van der Waals surface area contributed by atoms with Crippen molar-refractivity contribution >= 4 is 5.91 Å². The van der Waals surface area contributed by atoms with Crippen molar-refractivity contribution in [3.63, 3.8) is 0 Å². The van der Waals surface area contributed by atoms with Crippen LogP contribution < -0.4 is 9.47 Å². The number of benzene rings is 1. The highest BCUT2D eigenvalue weighted by molar-refractivity contribution is 5.77. The predicted octanol–water partition coefficient (Wildman–Crippen LogP) is 3.19. The Hall–Kier alpha value is -1.75. The van der Waals surface area contributed by atoms with Crippen LogP contribution in [0.1, 0.15) is 39.5 Å². The molecular weight excluding hydrogens is 328 g/mol. The van der Waals surface area contributed by atoms with Gasteiger partial charge in [-0.15, -0.1) is 0 Å². The fourth-order valence-electron chi connectivity index (χ4n) is 4.37. The summed E-state index contributed by atoms with van der Waals surface area (Å²) in [5, 5.41) is 0. The van der Waals surface area contributed by atoms with Gasteiger partial charge in [0.25, 0.3) is 0 Å². The van der Waals surface area contributed by atoms with Crippen LogP contribution in [0.25, 0.3) is 0 Å². The molecule has 3 rings (SSSR count). The molecule has 144 valence electrons. The van der Waals surface area contributed by atoms with E-state index >= 15 is 0 Å². The first kappa shape index (κ1) is 19.0. The summed E-state index contributed by atoms with van der Waals surface area (Å²) in [6.45, 7) is 8.91. The van der Waals surface area contributed by atoms with Gasteiger partial charge in [0.05, 0.1) is 7.11 Å². The van der Waals surface area contributed by atoms with Crippen molar-refractivity contribution in [1.29, 1.82) is 0 Å². The summed E-state index contributed by atoms with van der Waals surface area (Å²) in [7, 11) is 1.67. The monoisotopic (exact) mass is 360 g/mol. The molecule has 0 unspecified atom stereocenters. The third-order valence-corrected chi connectivity index (χ3v) is 5.79. The molecule has 5 heteroatoms. The van der Waals surface area contributed by atoms with E-state index in [0.29, 0.717) is 25.0 Å². The first-order chi connectivity index (χ1) is 12.5. The molecule has 1 amide bonds. The number of ether oxygens (including phenoxy) is 2. The van der Waals surface area contributed by atoms with Gasteiger partial charge in [-0.2, -0.15) is 0 Å². The Morgan fingerprint density at radius 3 is 2.65 bits per heavy atom.